The molecule has 2 aromatic carbocycles. The van der Waals surface area contributed by atoms with Gasteiger partial charge in [0, 0.05) is 16.1 Å². The third-order valence-corrected chi connectivity index (χ3v) is 3.33. The Bertz CT molecular complexity index is 668. The van der Waals surface area contributed by atoms with Crippen LogP contribution in [0.2, 0.25) is 5.02 Å². The van der Waals surface area contributed by atoms with Gasteiger partial charge in [0.25, 0.3) is 5.91 Å². The van der Waals surface area contributed by atoms with Gasteiger partial charge in [-0.2, -0.15) is 0 Å². The van der Waals surface area contributed by atoms with E-state index in [1.54, 1.807) is 30.3 Å². The van der Waals surface area contributed by atoms with E-state index in [2.05, 4.69) is 5.32 Å². The van der Waals surface area contributed by atoms with Gasteiger partial charge < -0.3 is 11.1 Å². The molecule has 2 aromatic rings. The van der Waals surface area contributed by atoms with E-state index in [9.17, 15) is 4.79 Å². The van der Waals surface area contributed by atoms with Crippen molar-refractivity contribution in [2.45, 2.75) is 6.92 Å². The average molecular weight is 305 g/mol. The van der Waals surface area contributed by atoms with Gasteiger partial charge in [-0.25, -0.2) is 0 Å². The van der Waals surface area contributed by atoms with E-state index in [1.165, 1.54) is 0 Å². The predicted molar refractivity (Wildman–Crippen MR) is 86.5 cm³/mol. The van der Waals surface area contributed by atoms with Crippen LogP contribution >= 0.6 is 23.8 Å². The van der Waals surface area contributed by atoms with Gasteiger partial charge in [-0.05, 0) is 42.8 Å². The van der Waals surface area contributed by atoms with Crippen molar-refractivity contribution in [3.63, 3.8) is 0 Å². The SMILES string of the molecule is Cc1cccc(NC(=O)c2ccc(Cl)cc2)c1C(N)=S. The Hall–Kier alpha value is -1.91. The van der Waals surface area contributed by atoms with Crippen LogP contribution in [0.25, 0.3) is 0 Å². The summed E-state index contributed by atoms with van der Waals surface area (Å²) in [5.41, 5.74) is 8.45. The van der Waals surface area contributed by atoms with Gasteiger partial charge in [0.05, 0.1) is 5.69 Å². The molecule has 0 radical (unpaired) electrons. The van der Waals surface area contributed by atoms with E-state index < -0.39 is 0 Å². The van der Waals surface area contributed by atoms with E-state index in [4.69, 9.17) is 29.6 Å². The minimum atomic E-state index is -0.232. The molecule has 0 aliphatic carbocycles. The zero-order chi connectivity index (χ0) is 14.7. The number of thiocarbonyl (C=S) groups is 1. The monoisotopic (exact) mass is 304 g/mol. The summed E-state index contributed by atoms with van der Waals surface area (Å²) < 4.78 is 0. The number of carbonyl (C=O) groups is 1. The molecule has 0 aliphatic rings. The van der Waals surface area contributed by atoms with Crippen LogP contribution in [0.5, 0.6) is 0 Å². The van der Waals surface area contributed by atoms with E-state index in [0.717, 1.165) is 5.56 Å². The van der Waals surface area contributed by atoms with Crippen molar-refractivity contribution in [2.24, 2.45) is 5.73 Å². The van der Waals surface area contributed by atoms with Crippen LogP contribution in [0.4, 0.5) is 5.69 Å². The molecule has 0 saturated heterocycles. The van der Waals surface area contributed by atoms with E-state index in [0.29, 0.717) is 21.8 Å². The lowest BCUT2D eigenvalue weighted by atomic mass is 10.1. The lowest BCUT2D eigenvalue weighted by molar-refractivity contribution is 0.102. The topological polar surface area (TPSA) is 55.1 Å². The van der Waals surface area contributed by atoms with Gasteiger partial charge in [0.2, 0.25) is 0 Å². The van der Waals surface area contributed by atoms with Crippen molar-refractivity contribution in [1.29, 1.82) is 0 Å². The first kappa shape index (κ1) is 14.5. The molecule has 1 amide bonds. The molecule has 0 atom stereocenters. The zero-order valence-corrected chi connectivity index (χ0v) is 12.4. The molecular formula is C15H13ClN2OS. The number of anilines is 1. The van der Waals surface area contributed by atoms with Crippen LogP contribution in [-0.2, 0) is 0 Å². The van der Waals surface area contributed by atoms with E-state index in [1.807, 2.05) is 19.1 Å². The highest BCUT2D eigenvalue weighted by atomic mass is 35.5. The van der Waals surface area contributed by atoms with E-state index in [-0.39, 0.29) is 10.9 Å². The fourth-order valence-corrected chi connectivity index (χ4v) is 2.29. The number of hydrogen-bond acceptors (Lipinski definition) is 2. The molecule has 0 aromatic heterocycles. The number of halogens is 1. The van der Waals surface area contributed by atoms with Crippen molar-refractivity contribution in [3.8, 4) is 0 Å². The molecule has 0 saturated carbocycles. The second kappa shape index (κ2) is 6.03. The summed E-state index contributed by atoms with van der Waals surface area (Å²) in [7, 11) is 0. The number of hydrogen-bond donors (Lipinski definition) is 2. The second-order valence-corrected chi connectivity index (χ2v) is 5.20. The van der Waals surface area contributed by atoms with Crippen molar-refractivity contribution in [3.05, 3.63) is 64.2 Å². The molecule has 2 rings (SSSR count). The fourth-order valence-electron chi connectivity index (χ4n) is 1.89. The smallest absolute Gasteiger partial charge is 0.255 e. The lowest BCUT2D eigenvalue weighted by Crippen LogP contribution is -2.18. The standard InChI is InChI=1S/C15H13ClN2OS/c1-9-3-2-4-12(13(9)14(17)20)18-15(19)10-5-7-11(16)8-6-10/h2-8H,1H3,(H2,17,20)(H,18,19). The predicted octanol–water partition coefficient (Wildman–Crippen LogP) is 3.53. The third-order valence-electron chi connectivity index (χ3n) is 2.87. The number of aryl methyl sites for hydroxylation is 1. The van der Waals surface area contributed by atoms with Gasteiger partial charge in [-0.3, -0.25) is 4.79 Å². The summed E-state index contributed by atoms with van der Waals surface area (Å²) in [6.45, 7) is 1.90. The molecule has 3 N–H and O–H groups in total. The number of amides is 1. The Morgan fingerprint density at radius 1 is 1.20 bits per heavy atom. The summed E-state index contributed by atoms with van der Waals surface area (Å²) in [5.74, 6) is -0.232. The Morgan fingerprint density at radius 3 is 2.45 bits per heavy atom. The maximum atomic E-state index is 12.2. The first-order chi connectivity index (χ1) is 9.49. The first-order valence-corrected chi connectivity index (χ1v) is 6.74. The van der Waals surface area contributed by atoms with Crippen LogP contribution < -0.4 is 11.1 Å². The van der Waals surface area contributed by atoms with Gasteiger partial charge >= 0.3 is 0 Å². The third kappa shape index (κ3) is 3.15. The van der Waals surface area contributed by atoms with Crippen LogP contribution in [-0.4, -0.2) is 10.9 Å². The van der Waals surface area contributed by atoms with Crippen molar-refractivity contribution in [1.82, 2.24) is 0 Å². The summed E-state index contributed by atoms with van der Waals surface area (Å²) in [6, 6.07) is 12.2. The minimum absolute atomic E-state index is 0.232. The maximum absolute atomic E-state index is 12.2. The highest BCUT2D eigenvalue weighted by molar-refractivity contribution is 7.80. The summed E-state index contributed by atoms with van der Waals surface area (Å²) in [6.07, 6.45) is 0. The molecule has 0 bridgehead atoms. The Kier molecular flexibility index (Phi) is 4.37. The molecule has 3 nitrogen and oxygen atoms in total. The number of nitrogens with two attached hydrogens (primary N) is 1. The number of benzene rings is 2. The zero-order valence-electron chi connectivity index (χ0n) is 10.8. The molecular weight excluding hydrogens is 292 g/mol. The highest BCUT2D eigenvalue weighted by Gasteiger charge is 2.12. The average Bonchev–Trinajstić information content (AvgIpc) is 2.39. The van der Waals surface area contributed by atoms with Gasteiger partial charge in [0.1, 0.15) is 4.99 Å². The van der Waals surface area contributed by atoms with Gasteiger partial charge in [0.15, 0.2) is 0 Å². The maximum Gasteiger partial charge on any atom is 0.255 e. The molecule has 0 heterocycles. The van der Waals surface area contributed by atoms with Crippen LogP contribution in [0.3, 0.4) is 0 Å². The second-order valence-electron chi connectivity index (χ2n) is 4.32. The first-order valence-electron chi connectivity index (χ1n) is 5.95. The lowest BCUT2D eigenvalue weighted by Gasteiger charge is -2.12. The minimum Gasteiger partial charge on any atom is -0.389 e. The Labute approximate surface area is 127 Å². The molecule has 0 fully saturated rings. The van der Waals surface area contributed by atoms with Crippen LogP contribution in [0.15, 0.2) is 42.5 Å². The number of rotatable bonds is 3. The number of nitrogens with one attached hydrogen (secondary N) is 1. The van der Waals surface area contributed by atoms with Crippen LogP contribution in [0, 0.1) is 6.92 Å². The molecule has 0 spiro atoms. The summed E-state index contributed by atoms with van der Waals surface area (Å²) in [5, 5.41) is 3.40. The molecule has 0 unspecified atom stereocenters. The summed E-state index contributed by atoms with van der Waals surface area (Å²) in [4.78, 5) is 12.4. The van der Waals surface area contributed by atoms with Crippen molar-refractivity contribution < 1.29 is 4.79 Å². The summed E-state index contributed by atoms with van der Waals surface area (Å²) >= 11 is 10.8. The van der Waals surface area contributed by atoms with E-state index >= 15 is 0 Å². The number of carbonyl (C=O) groups excluding carboxylic acids is 1. The molecule has 0 aliphatic heterocycles. The largest absolute Gasteiger partial charge is 0.389 e. The Balaban J connectivity index is 2.30. The van der Waals surface area contributed by atoms with Gasteiger partial charge in [-0.1, -0.05) is 36.0 Å². The van der Waals surface area contributed by atoms with Crippen LogP contribution in [0.1, 0.15) is 21.5 Å². The highest BCUT2D eigenvalue weighted by Crippen LogP contribution is 2.20. The fraction of sp³-hybridized carbons (Fsp3) is 0.0667. The Morgan fingerprint density at radius 2 is 1.85 bits per heavy atom. The molecule has 102 valence electrons. The van der Waals surface area contributed by atoms with Crippen molar-refractivity contribution >= 4 is 40.4 Å². The van der Waals surface area contributed by atoms with Crippen molar-refractivity contribution in [2.75, 3.05) is 5.32 Å². The van der Waals surface area contributed by atoms with Gasteiger partial charge in [-0.15, -0.1) is 0 Å². The quantitative estimate of drug-likeness (QED) is 0.853. The normalized spacial score (nSPS) is 10.1. The molecule has 20 heavy (non-hydrogen) atoms. The molecule has 5 heteroatoms.